The molecule has 0 aliphatic carbocycles. The first-order chi connectivity index (χ1) is 9.38. The zero-order chi connectivity index (χ0) is 13.3. The topological polar surface area (TPSA) is 52.8 Å². The molecule has 0 aliphatic heterocycles. The van der Waals surface area contributed by atoms with Crippen LogP contribution in [0.25, 0.3) is 0 Å². The van der Waals surface area contributed by atoms with E-state index < -0.39 is 0 Å². The van der Waals surface area contributed by atoms with Crippen molar-refractivity contribution in [3.63, 3.8) is 0 Å². The lowest BCUT2D eigenvalue weighted by Crippen LogP contribution is -2.24. The van der Waals surface area contributed by atoms with Crippen molar-refractivity contribution in [2.24, 2.45) is 0 Å². The van der Waals surface area contributed by atoms with Gasteiger partial charge in [0.15, 0.2) is 0 Å². The third kappa shape index (κ3) is 4.49. The maximum absolute atomic E-state index is 8.74. The fourth-order valence-corrected chi connectivity index (χ4v) is 1.86. The molecule has 0 saturated carbocycles. The summed E-state index contributed by atoms with van der Waals surface area (Å²) >= 11 is 0. The second kappa shape index (κ2) is 7.24. The van der Waals surface area contributed by atoms with Gasteiger partial charge < -0.3 is 0 Å². The Kier molecular flexibility index (Phi) is 5.03. The van der Waals surface area contributed by atoms with Crippen molar-refractivity contribution < 1.29 is 0 Å². The minimum Gasteiger partial charge on any atom is -0.291 e. The molecule has 0 aliphatic rings. The lowest BCUT2D eigenvalue weighted by atomic mass is 10.2. The summed E-state index contributed by atoms with van der Waals surface area (Å²) in [5, 5.41) is 8.74. The first kappa shape index (κ1) is 13.2. The van der Waals surface area contributed by atoms with Crippen LogP contribution in [-0.2, 0) is 13.1 Å². The Morgan fingerprint density at radius 1 is 0.947 bits per heavy atom. The Bertz CT molecular complexity index is 477. The average Bonchev–Trinajstić information content (AvgIpc) is 2.47. The molecule has 0 atom stereocenters. The van der Waals surface area contributed by atoms with Crippen LogP contribution in [-0.4, -0.2) is 21.4 Å². The zero-order valence-electron chi connectivity index (χ0n) is 10.7. The number of nitrogens with zero attached hydrogens (tertiary/aromatic N) is 4. The van der Waals surface area contributed by atoms with Gasteiger partial charge in [-0.15, -0.1) is 0 Å². The molecule has 2 aromatic heterocycles. The van der Waals surface area contributed by atoms with Crippen molar-refractivity contribution in [3.05, 3.63) is 60.2 Å². The Morgan fingerprint density at radius 3 is 1.95 bits per heavy atom. The summed E-state index contributed by atoms with van der Waals surface area (Å²) in [5.41, 5.74) is 2.02. The summed E-state index contributed by atoms with van der Waals surface area (Å²) in [6.45, 7) is 2.20. The van der Waals surface area contributed by atoms with Crippen molar-refractivity contribution in [2.45, 2.75) is 19.5 Å². The highest BCUT2D eigenvalue weighted by atomic mass is 15.1. The molecule has 0 bridgehead atoms. The minimum atomic E-state index is 0.514. The molecule has 0 radical (unpaired) electrons. The van der Waals surface area contributed by atoms with Gasteiger partial charge >= 0.3 is 0 Å². The fraction of sp³-hybridized carbons (Fsp3) is 0.267. The van der Waals surface area contributed by atoms with Gasteiger partial charge in [0, 0.05) is 38.4 Å². The molecule has 4 nitrogen and oxygen atoms in total. The predicted octanol–water partition coefficient (Wildman–Crippen LogP) is 2.39. The van der Waals surface area contributed by atoms with Crippen LogP contribution in [0, 0.1) is 11.3 Å². The Labute approximate surface area is 113 Å². The lowest BCUT2D eigenvalue weighted by Gasteiger charge is -2.20. The molecule has 0 amide bonds. The summed E-state index contributed by atoms with van der Waals surface area (Å²) in [7, 11) is 0. The van der Waals surface area contributed by atoms with Crippen LogP contribution in [0.4, 0.5) is 0 Å². The van der Waals surface area contributed by atoms with Gasteiger partial charge in [0.25, 0.3) is 0 Å². The Balaban J connectivity index is 2.02. The SMILES string of the molecule is N#CCCN(Cc1ccccn1)Cc1ccccn1. The van der Waals surface area contributed by atoms with Gasteiger partial charge in [-0.3, -0.25) is 14.9 Å². The molecule has 0 fully saturated rings. The molecule has 0 unspecified atom stereocenters. The van der Waals surface area contributed by atoms with E-state index in [1.165, 1.54) is 0 Å². The van der Waals surface area contributed by atoms with Gasteiger partial charge in [0.05, 0.1) is 17.5 Å². The van der Waals surface area contributed by atoms with Crippen molar-refractivity contribution in [2.75, 3.05) is 6.54 Å². The second-order valence-electron chi connectivity index (χ2n) is 4.26. The molecule has 2 rings (SSSR count). The summed E-state index contributed by atoms with van der Waals surface area (Å²) in [4.78, 5) is 10.8. The van der Waals surface area contributed by atoms with Crippen LogP contribution in [0.5, 0.6) is 0 Å². The summed E-state index contributed by atoms with van der Waals surface area (Å²) in [6.07, 6.45) is 4.09. The van der Waals surface area contributed by atoms with Gasteiger partial charge in [0.2, 0.25) is 0 Å². The molecular weight excluding hydrogens is 236 g/mol. The quantitative estimate of drug-likeness (QED) is 0.792. The smallest absolute Gasteiger partial charge is 0.0635 e. The number of hydrogen-bond donors (Lipinski definition) is 0. The van der Waals surface area contributed by atoms with E-state index in [4.69, 9.17) is 5.26 Å². The number of rotatable bonds is 6. The largest absolute Gasteiger partial charge is 0.291 e. The first-order valence-electron chi connectivity index (χ1n) is 6.27. The van der Waals surface area contributed by atoms with E-state index >= 15 is 0 Å². The van der Waals surface area contributed by atoms with E-state index in [0.717, 1.165) is 31.0 Å². The number of hydrogen-bond acceptors (Lipinski definition) is 4. The maximum Gasteiger partial charge on any atom is 0.0635 e. The van der Waals surface area contributed by atoms with Crippen LogP contribution in [0.1, 0.15) is 17.8 Å². The van der Waals surface area contributed by atoms with E-state index in [0.29, 0.717) is 6.42 Å². The lowest BCUT2D eigenvalue weighted by molar-refractivity contribution is 0.256. The molecule has 96 valence electrons. The number of aromatic nitrogens is 2. The van der Waals surface area contributed by atoms with Gasteiger partial charge in [0.1, 0.15) is 0 Å². The van der Waals surface area contributed by atoms with Crippen LogP contribution in [0.2, 0.25) is 0 Å². The molecule has 0 aromatic carbocycles. The molecule has 0 N–H and O–H groups in total. The van der Waals surface area contributed by atoms with E-state index in [1.54, 1.807) is 12.4 Å². The van der Waals surface area contributed by atoms with E-state index in [1.807, 2.05) is 36.4 Å². The van der Waals surface area contributed by atoms with E-state index in [2.05, 4.69) is 20.9 Å². The highest BCUT2D eigenvalue weighted by Gasteiger charge is 2.08. The summed E-state index contributed by atoms with van der Waals surface area (Å²) < 4.78 is 0. The molecule has 2 aromatic rings. The number of pyridine rings is 2. The standard InChI is InChI=1S/C15H16N4/c16-8-5-11-19(12-14-6-1-3-9-17-14)13-15-7-2-4-10-18-15/h1-4,6-7,9-10H,5,11-13H2. The summed E-state index contributed by atoms with van der Waals surface area (Å²) in [6, 6.07) is 13.9. The van der Waals surface area contributed by atoms with Crippen LogP contribution in [0.3, 0.4) is 0 Å². The third-order valence-corrected chi connectivity index (χ3v) is 2.76. The van der Waals surface area contributed by atoms with Crippen molar-refractivity contribution in [1.82, 2.24) is 14.9 Å². The summed E-state index contributed by atoms with van der Waals surface area (Å²) in [5.74, 6) is 0. The molecule has 19 heavy (non-hydrogen) atoms. The van der Waals surface area contributed by atoms with Crippen LogP contribution >= 0.6 is 0 Å². The van der Waals surface area contributed by atoms with Crippen molar-refractivity contribution >= 4 is 0 Å². The highest BCUT2D eigenvalue weighted by molar-refractivity contribution is 5.06. The van der Waals surface area contributed by atoms with Crippen molar-refractivity contribution in [1.29, 1.82) is 5.26 Å². The second-order valence-corrected chi connectivity index (χ2v) is 4.26. The third-order valence-electron chi connectivity index (χ3n) is 2.76. The van der Waals surface area contributed by atoms with Gasteiger partial charge in [-0.1, -0.05) is 12.1 Å². The van der Waals surface area contributed by atoms with Gasteiger partial charge in [-0.05, 0) is 24.3 Å². The first-order valence-corrected chi connectivity index (χ1v) is 6.27. The van der Waals surface area contributed by atoms with Crippen molar-refractivity contribution in [3.8, 4) is 6.07 Å². The highest BCUT2D eigenvalue weighted by Crippen LogP contribution is 2.07. The van der Waals surface area contributed by atoms with E-state index in [9.17, 15) is 0 Å². The Hall–Kier alpha value is -2.25. The molecule has 0 spiro atoms. The Morgan fingerprint density at radius 2 is 1.53 bits per heavy atom. The zero-order valence-corrected chi connectivity index (χ0v) is 10.7. The van der Waals surface area contributed by atoms with Gasteiger partial charge in [-0.25, -0.2) is 0 Å². The molecule has 0 saturated heterocycles. The number of nitriles is 1. The normalized spacial score (nSPS) is 10.3. The molecule has 2 heterocycles. The minimum absolute atomic E-state index is 0.514. The van der Waals surface area contributed by atoms with Crippen LogP contribution < -0.4 is 0 Å². The average molecular weight is 252 g/mol. The molecule has 4 heteroatoms. The maximum atomic E-state index is 8.74. The fourth-order valence-electron chi connectivity index (χ4n) is 1.86. The van der Waals surface area contributed by atoms with E-state index in [-0.39, 0.29) is 0 Å². The monoisotopic (exact) mass is 252 g/mol. The molecular formula is C15H16N4. The van der Waals surface area contributed by atoms with Gasteiger partial charge in [-0.2, -0.15) is 5.26 Å². The van der Waals surface area contributed by atoms with Crippen LogP contribution in [0.15, 0.2) is 48.8 Å². The predicted molar refractivity (Wildman–Crippen MR) is 72.8 cm³/mol.